The molecule has 0 aliphatic carbocycles. The average molecular weight is 424 g/mol. The van der Waals surface area contributed by atoms with Gasteiger partial charge in [0.05, 0.1) is 5.69 Å². The van der Waals surface area contributed by atoms with Gasteiger partial charge in [-0.1, -0.05) is 19.9 Å². The summed E-state index contributed by atoms with van der Waals surface area (Å²) in [4.78, 5) is 31.1. The number of carbonyl (C=O) groups excluding carboxylic acids is 2. The summed E-state index contributed by atoms with van der Waals surface area (Å²) >= 11 is 1.39. The van der Waals surface area contributed by atoms with Crippen molar-refractivity contribution in [2.75, 3.05) is 16.8 Å². The smallest absolute Gasteiger partial charge is 0.258 e. The SMILES string of the molecule is CC(C)C(=O)Nc1nc(-c2ccc3c(c2)CCCN3C(=O)c2ccc(F)cc2)cs1. The van der Waals surface area contributed by atoms with Gasteiger partial charge in [-0.25, -0.2) is 9.37 Å². The molecule has 30 heavy (non-hydrogen) atoms. The van der Waals surface area contributed by atoms with E-state index in [4.69, 9.17) is 0 Å². The molecule has 0 atom stereocenters. The second-order valence-corrected chi connectivity index (χ2v) is 8.45. The summed E-state index contributed by atoms with van der Waals surface area (Å²) in [6, 6.07) is 11.6. The number of aryl methyl sites for hydroxylation is 1. The minimum Gasteiger partial charge on any atom is -0.308 e. The van der Waals surface area contributed by atoms with Crippen LogP contribution in [-0.2, 0) is 11.2 Å². The lowest BCUT2D eigenvalue weighted by Gasteiger charge is -2.30. The van der Waals surface area contributed by atoms with Crippen LogP contribution in [0.4, 0.5) is 15.2 Å². The lowest BCUT2D eigenvalue weighted by atomic mass is 9.97. The predicted octanol–water partition coefficient (Wildman–Crippen LogP) is 5.14. The predicted molar refractivity (Wildman–Crippen MR) is 117 cm³/mol. The quantitative estimate of drug-likeness (QED) is 0.632. The number of aromatic nitrogens is 1. The highest BCUT2D eigenvalue weighted by atomic mass is 32.1. The number of nitrogens with one attached hydrogen (secondary N) is 1. The Bertz CT molecular complexity index is 1090. The third kappa shape index (κ3) is 4.11. The molecular formula is C23H22FN3O2S. The number of halogens is 1. The summed E-state index contributed by atoms with van der Waals surface area (Å²) in [7, 11) is 0. The molecule has 0 saturated carbocycles. The first-order chi connectivity index (χ1) is 14.4. The van der Waals surface area contributed by atoms with Crippen LogP contribution < -0.4 is 10.2 Å². The lowest BCUT2D eigenvalue weighted by molar-refractivity contribution is -0.118. The molecule has 2 aromatic carbocycles. The van der Waals surface area contributed by atoms with Gasteiger partial charge in [-0.3, -0.25) is 9.59 Å². The largest absolute Gasteiger partial charge is 0.308 e. The zero-order valence-electron chi connectivity index (χ0n) is 16.8. The zero-order chi connectivity index (χ0) is 21.3. The molecule has 0 radical (unpaired) electrons. The number of rotatable bonds is 4. The maximum atomic E-state index is 13.2. The maximum Gasteiger partial charge on any atom is 0.258 e. The Hall–Kier alpha value is -3.06. The summed E-state index contributed by atoms with van der Waals surface area (Å²) in [5.41, 5.74) is 4.17. The molecule has 2 amide bonds. The van der Waals surface area contributed by atoms with Crippen molar-refractivity contribution in [2.24, 2.45) is 5.92 Å². The summed E-state index contributed by atoms with van der Waals surface area (Å²) in [6.45, 7) is 4.31. The summed E-state index contributed by atoms with van der Waals surface area (Å²) in [6.07, 6.45) is 1.73. The van der Waals surface area contributed by atoms with Gasteiger partial charge in [-0.05, 0) is 54.8 Å². The molecule has 3 aromatic rings. The van der Waals surface area contributed by atoms with E-state index in [1.165, 1.54) is 35.6 Å². The van der Waals surface area contributed by atoms with E-state index in [2.05, 4.69) is 16.4 Å². The first-order valence-electron chi connectivity index (χ1n) is 9.89. The van der Waals surface area contributed by atoms with Gasteiger partial charge in [0, 0.05) is 34.7 Å². The van der Waals surface area contributed by atoms with E-state index in [1.807, 2.05) is 31.4 Å². The van der Waals surface area contributed by atoms with Gasteiger partial charge in [-0.2, -0.15) is 0 Å². The van der Waals surface area contributed by atoms with Crippen LogP contribution >= 0.6 is 11.3 Å². The van der Waals surface area contributed by atoms with Gasteiger partial charge in [-0.15, -0.1) is 11.3 Å². The van der Waals surface area contributed by atoms with E-state index in [0.29, 0.717) is 17.2 Å². The van der Waals surface area contributed by atoms with Crippen molar-refractivity contribution in [3.05, 3.63) is 64.8 Å². The number of hydrogen-bond acceptors (Lipinski definition) is 4. The molecule has 1 N–H and O–H groups in total. The Morgan fingerprint density at radius 3 is 2.67 bits per heavy atom. The zero-order valence-corrected chi connectivity index (χ0v) is 17.6. The molecule has 4 rings (SSSR count). The fraction of sp³-hybridized carbons (Fsp3) is 0.261. The summed E-state index contributed by atoms with van der Waals surface area (Å²) in [5.74, 6) is -0.652. The van der Waals surface area contributed by atoms with Crippen LogP contribution in [0.3, 0.4) is 0 Å². The Kier molecular flexibility index (Phi) is 5.63. The molecule has 1 aliphatic heterocycles. The van der Waals surface area contributed by atoms with Crippen LogP contribution in [0.5, 0.6) is 0 Å². The van der Waals surface area contributed by atoms with Gasteiger partial charge in [0.25, 0.3) is 5.91 Å². The van der Waals surface area contributed by atoms with Crippen molar-refractivity contribution in [1.82, 2.24) is 4.98 Å². The number of nitrogens with zero attached hydrogens (tertiary/aromatic N) is 2. The van der Waals surface area contributed by atoms with Gasteiger partial charge >= 0.3 is 0 Å². The fourth-order valence-corrected chi connectivity index (χ4v) is 4.15. The van der Waals surface area contributed by atoms with Crippen LogP contribution in [0.15, 0.2) is 47.8 Å². The number of thiazole rings is 1. The molecule has 0 saturated heterocycles. The molecule has 1 aliphatic rings. The number of fused-ring (bicyclic) bond motifs is 1. The number of amides is 2. The van der Waals surface area contributed by atoms with Crippen molar-refractivity contribution in [3.8, 4) is 11.3 Å². The molecular weight excluding hydrogens is 401 g/mol. The molecule has 0 spiro atoms. The van der Waals surface area contributed by atoms with Gasteiger partial charge in [0.15, 0.2) is 5.13 Å². The molecule has 2 heterocycles. The molecule has 7 heteroatoms. The summed E-state index contributed by atoms with van der Waals surface area (Å²) < 4.78 is 13.2. The van der Waals surface area contributed by atoms with Crippen molar-refractivity contribution in [3.63, 3.8) is 0 Å². The Labute approximate surface area is 178 Å². The number of hydrogen-bond donors (Lipinski definition) is 1. The molecule has 0 bridgehead atoms. The summed E-state index contributed by atoms with van der Waals surface area (Å²) in [5, 5.41) is 5.32. The van der Waals surface area contributed by atoms with Crippen molar-refractivity contribution in [2.45, 2.75) is 26.7 Å². The molecule has 0 fully saturated rings. The highest BCUT2D eigenvalue weighted by molar-refractivity contribution is 7.14. The van der Waals surface area contributed by atoms with Crippen LogP contribution in [0.25, 0.3) is 11.3 Å². The lowest BCUT2D eigenvalue weighted by Crippen LogP contribution is -2.35. The second kappa shape index (κ2) is 8.36. The van der Waals surface area contributed by atoms with Crippen molar-refractivity contribution < 1.29 is 14.0 Å². The molecule has 1 aromatic heterocycles. The van der Waals surface area contributed by atoms with E-state index >= 15 is 0 Å². The minimum absolute atomic E-state index is 0.0590. The number of carbonyl (C=O) groups is 2. The van der Waals surface area contributed by atoms with Crippen molar-refractivity contribution >= 4 is 34.0 Å². The molecule has 0 unspecified atom stereocenters. The Balaban J connectivity index is 1.58. The third-order valence-electron chi connectivity index (χ3n) is 5.09. The van der Waals surface area contributed by atoms with Crippen LogP contribution in [0, 0.1) is 11.7 Å². The van der Waals surface area contributed by atoms with E-state index in [-0.39, 0.29) is 23.5 Å². The fourth-order valence-electron chi connectivity index (χ4n) is 3.43. The Morgan fingerprint density at radius 1 is 1.17 bits per heavy atom. The van der Waals surface area contributed by atoms with E-state index in [1.54, 1.807) is 4.90 Å². The van der Waals surface area contributed by atoms with E-state index in [0.717, 1.165) is 35.3 Å². The van der Waals surface area contributed by atoms with Crippen LogP contribution in [-0.4, -0.2) is 23.3 Å². The molecule has 154 valence electrons. The first kappa shape index (κ1) is 20.2. The van der Waals surface area contributed by atoms with E-state index in [9.17, 15) is 14.0 Å². The van der Waals surface area contributed by atoms with Crippen molar-refractivity contribution in [1.29, 1.82) is 0 Å². The minimum atomic E-state index is -0.359. The van der Waals surface area contributed by atoms with Gasteiger partial charge in [0.2, 0.25) is 5.91 Å². The second-order valence-electron chi connectivity index (χ2n) is 7.59. The van der Waals surface area contributed by atoms with Crippen LogP contribution in [0.2, 0.25) is 0 Å². The Morgan fingerprint density at radius 2 is 1.93 bits per heavy atom. The maximum absolute atomic E-state index is 13.2. The number of benzene rings is 2. The van der Waals surface area contributed by atoms with Gasteiger partial charge in [0.1, 0.15) is 5.82 Å². The third-order valence-corrected chi connectivity index (χ3v) is 5.85. The monoisotopic (exact) mass is 423 g/mol. The van der Waals surface area contributed by atoms with Gasteiger partial charge < -0.3 is 10.2 Å². The van der Waals surface area contributed by atoms with Crippen LogP contribution in [0.1, 0.15) is 36.2 Å². The highest BCUT2D eigenvalue weighted by Gasteiger charge is 2.24. The van der Waals surface area contributed by atoms with E-state index < -0.39 is 0 Å². The standard InChI is InChI=1S/C23H22FN3O2S/c1-14(2)21(28)26-23-25-19(13-30-23)16-7-10-20-17(12-16)4-3-11-27(20)22(29)15-5-8-18(24)9-6-15/h5-10,12-14H,3-4,11H2,1-2H3,(H,25,26,28). The number of anilines is 2. The average Bonchev–Trinajstić information content (AvgIpc) is 3.21. The topological polar surface area (TPSA) is 62.3 Å². The molecule has 5 nitrogen and oxygen atoms in total. The first-order valence-corrected chi connectivity index (χ1v) is 10.8. The highest BCUT2D eigenvalue weighted by Crippen LogP contribution is 2.33. The normalized spacial score (nSPS) is 13.3.